The second-order valence-corrected chi connectivity index (χ2v) is 4.63. The Labute approximate surface area is 92.0 Å². The smallest absolute Gasteiger partial charge is 0.220 e. The van der Waals surface area contributed by atoms with Gasteiger partial charge in [0.1, 0.15) is 0 Å². The van der Waals surface area contributed by atoms with Crippen LogP contribution in [-0.2, 0) is 4.79 Å². The van der Waals surface area contributed by atoms with Crippen molar-refractivity contribution in [3.8, 4) is 0 Å². The van der Waals surface area contributed by atoms with Crippen LogP contribution in [0.3, 0.4) is 0 Å². The molecule has 0 aromatic heterocycles. The van der Waals surface area contributed by atoms with Crippen LogP contribution in [0.15, 0.2) is 0 Å². The minimum Gasteiger partial charge on any atom is -0.396 e. The van der Waals surface area contributed by atoms with Gasteiger partial charge in [-0.05, 0) is 31.6 Å². The summed E-state index contributed by atoms with van der Waals surface area (Å²) in [5.41, 5.74) is 5.45. The number of amides is 1. The van der Waals surface area contributed by atoms with Crippen LogP contribution in [0.2, 0.25) is 0 Å². The Morgan fingerprint density at radius 3 is 2.47 bits per heavy atom. The molecule has 0 spiro atoms. The second kappa shape index (κ2) is 6.83. The molecule has 1 rings (SSSR count). The number of aliphatic hydroxyl groups excluding tert-OH is 1. The van der Waals surface area contributed by atoms with Crippen LogP contribution >= 0.6 is 0 Å². The van der Waals surface area contributed by atoms with Crippen LogP contribution in [-0.4, -0.2) is 17.6 Å². The van der Waals surface area contributed by atoms with Crippen molar-refractivity contribution < 1.29 is 9.90 Å². The number of hydrogen-bond acceptors (Lipinski definition) is 2. The lowest BCUT2D eigenvalue weighted by Gasteiger charge is -2.28. The largest absolute Gasteiger partial charge is 0.396 e. The number of aliphatic hydroxyl groups is 1. The third-order valence-corrected chi connectivity index (χ3v) is 3.51. The van der Waals surface area contributed by atoms with E-state index in [1.54, 1.807) is 0 Å². The summed E-state index contributed by atoms with van der Waals surface area (Å²) in [7, 11) is 0. The van der Waals surface area contributed by atoms with Crippen molar-refractivity contribution in [2.75, 3.05) is 6.61 Å². The molecule has 88 valence electrons. The molecular formula is C12H23NO2. The van der Waals surface area contributed by atoms with E-state index in [1.165, 1.54) is 19.3 Å². The molecule has 1 aliphatic rings. The summed E-state index contributed by atoms with van der Waals surface area (Å²) in [5.74, 6) is 0.423. The first-order valence-electron chi connectivity index (χ1n) is 6.16. The highest BCUT2D eigenvalue weighted by Crippen LogP contribution is 2.32. The maximum absolute atomic E-state index is 11.4. The molecule has 0 aromatic carbocycles. The van der Waals surface area contributed by atoms with Gasteiger partial charge in [-0.25, -0.2) is 0 Å². The van der Waals surface area contributed by atoms with Crippen molar-refractivity contribution in [3.05, 3.63) is 0 Å². The van der Waals surface area contributed by atoms with Gasteiger partial charge in [-0.2, -0.15) is 0 Å². The van der Waals surface area contributed by atoms with Crippen molar-refractivity contribution >= 4 is 5.91 Å². The Balaban J connectivity index is 2.37. The van der Waals surface area contributed by atoms with E-state index in [4.69, 9.17) is 10.8 Å². The van der Waals surface area contributed by atoms with Crippen LogP contribution in [0.25, 0.3) is 0 Å². The lowest BCUT2D eigenvalue weighted by Crippen LogP contribution is -2.31. The summed E-state index contributed by atoms with van der Waals surface area (Å²) in [4.78, 5) is 11.4. The van der Waals surface area contributed by atoms with Crippen molar-refractivity contribution in [2.24, 2.45) is 17.6 Å². The molecule has 1 aliphatic carbocycles. The normalized spacial score (nSPS) is 20.1. The lowest BCUT2D eigenvalue weighted by atomic mass is 9.77. The van der Waals surface area contributed by atoms with Crippen LogP contribution in [0.1, 0.15) is 51.4 Å². The zero-order valence-corrected chi connectivity index (χ0v) is 9.45. The van der Waals surface area contributed by atoms with E-state index < -0.39 is 0 Å². The highest BCUT2D eigenvalue weighted by Gasteiger charge is 2.27. The van der Waals surface area contributed by atoms with E-state index in [-0.39, 0.29) is 18.4 Å². The summed E-state index contributed by atoms with van der Waals surface area (Å²) < 4.78 is 0. The predicted molar refractivity (Wildman–Crippen MR) is 60.2 cm³/mol. The Morgan fingerprint density at radius 2 is 1.93 bits per heavy atom. The van der Waals surface area contributed by atoms with Gasteiger partial charge in [0.2, 0.25) is 5.91 Å². The molecule has 1 amide bonds. The third kappa shape index (κ3) is 4.20. The Bertz CT molecular complexity index is 188. The molecule has 3 heteroatoms. The average Bonchev–Trinajstić information content (AvgIpc) is 2.25. The van der Waals surface area contributed by atoms with Gasteiger partial charge in [0.25, 0.3) is 0 Å². The fourth-order valence-corrected chi connectivity index (χ4v) is 2.62. The van der Waals surface area contributed by atoms with Crippen LogP contribution < -0.4 is 5.73 Å². The van der Waals surface area contributed by atoms with Crippen molar-refractivity contribution in [1.82, 2.24) is 0 Å². The summed E-state index contributed by atoms with van der Waals surface area (Å²) in [5, 5.41) is 8.71. The van der Waals surface area contributed by atoms with Gasteiger partial charge < -0.3 is 10.8 Å². The summed E-state index contributed by atoms with van der Waals surface area (Å²) in [6, 6.07) is 0. The molecular weight excluding hydrogens is 190 g/mol. The third-order valence-electron chi connectivity index (χ3n) is 3.51. The maximum atomic E-state index is 11.4. The minimum absolute atomic E-state index is 0.0526. The fourth-order valence-electron chi connectivity index (χ4n) is 2.62. The maximum Gasteiger partial charge on any atom is 0.220 e. The van der Waals surface area contributed by atoms with Gasteiger partial charge in [-0.1, -0.05) is 25.7 Å². The number of carbonyl (C=O) groups excluding carboxylic acids is 1. The number of nitrogens with two attached hydrogens (primary N) is 1. The van der Waals surface area contributed by atoms with Crippen LogP contribution in [0.4, 0.5) is 0 Å². The highest BCUT2D eigenvalue weighted by atomic mass is 16.2. The second-order valence-electron chi connectivity index (χ2n) is 4.63. The molecule has 0 radical (unpaired) electrons. The number of primary amides is 1. The van der Waals surface area contributed by atoms with E-state index in [2.05, 4.69) is 0 Å². The quantitative estimate of drug-likeness (QED) is 0.661. The summed E-state index contributed by atoms with van der Waals surface area (Å²) >= 11 is 0. The Morgan fingerprint density at radius 1 is 1.27 bits per heavy atom. The fraction of sp³-hybridized carbons (Fsp3) is 0.917. The minimum atomic E-state index is -0.139. The van der Waals surface area contributed by atoms with E-state index in [1.807, 2.05) is 0 Å². The standard InChI is InChI=1S/C12H23NO2/c13-12(15)11(8-4-5-9-14)10-6-2-1-3-7-10/h10-11,14H,1-9H2,(H2,13,15). The van der Waals surface area contributed by atoms with Gasteiger partial charge in [0.05, 0.1) is 0 Å². The molecule has 0 saturated heterocycles. The summed E-state index contributed by atoms with van der Waals surface area (Å²) in [6.45, 7) is 0.218. The Hall–Kier alpha value is -0.570. The molecule has 0 aliphatic heterocycles. The number of carbonyl (C=O) groups is 1. The number of hydrogen-bond donors (Lipinski definition) is 2. The topological polar surface area (TPSA) is 63.3 Å². The average molecular weight is 213 g/mol. The summed E-state index contributed by atoms with van der Waals surface area (Å²) in [6.07, 6.45) is 8.68. The van der Waals surface area contributed by atoms with Crippen LogP contribution in [0.5, 0.6) is 0 Å². The molecule has 1 saturated carbocycles. The molecule has 1 fully saturated rings. The Kier molecular flexibility index (Phi) is 5.69. The zero-order valence-electron chi connectivity index (χ0n) is 9.45. The highest BCUT2D eigenvalue weighted by molar-refractivity contribution is 5.76. The van der Waals surface area contributed by atoms with Gasteiger partial charge in [0.15, 0.2) is 0 Å². The number of unbranched alkanes of at least 4 members (excludes halogenated alkanes) is 1. The van der Waals surface area contributed by atoms with Crippen molar-refractivity contribution in [2.45, 2.75) is 51.4 Å². The lowest BCUT2D eigenvalue weighted by molar-refractivity contribution is -0.124. The van der Waals surface area contributed by atoms with Crippen molar-refractivity contribution in [3.63, 3.8) is 0 Å². The first-order chi connectivity index (χ1) is 7.25. The molecule has 3 N–H and O–H groups in total. The molecule has 1 atom stereocenters. The van der Waals surface area contributed by atoms with Gasteiger partial charge in [-0.3, -0.25) is 4.79 Å². The molecule has 1 unspecified atom stereocenters. The molecule has 0 aromatic rings. The monoisotopic (exact) mass is 213 g/mol. The molecule has 0 heterocycles. The van der Waals surface area contributed by atoms with E-state index in [9.17, 15) is 4.79 Å². The first-order valence-corrected chi connectivity index (χ1v) is 6.16. The zero-order chi connectivity index (χ0) is 11.1. The first kappa shape index (κ1) is 12.5. The molecule has 15 heavy (non-hydrogen) atoms. The predicted octanol–water partition coefficient (Wildman–Crippen LogP) is 1.83. The molecule has 0 bridgehead atoms. The van der Waals surface area contributed by atoms with E-state index in [0.717, 1.165) is 32.1 Å². The van der Waals surface area contributed by atoms with E-state index >= 15 is 0 Å². The number of rotatable bonds is 6. The van der Waals surface area contributed by atoms with Crippen molar-refractivity contribution in [1.29, 1.82) is 0 Å². The van der Waals surface area contributed by atoms with Gasteiger partial charge in [0, 0.05) is 12.5 Å². The van der Waals surface area contributed by atoms with Gasteiger partial charge in [-0.15, -0.1) is 0 Å². The molecule has 3 nitrogen and oxygen atoms in total. The van der Waals surface area contributed by atoms with Gasteiger partial charge >= 0.3 is 0 Å². The SMILES string of the molecule is NC(=O)C(CCCCO)C1CCCCC1. The van der Waals surface area contributed by atoms with Crippen LogP contribution in [0, 0.1) is 11.8 Å². The van der Waals surface area contributed by atoms with E-state index in [0.29, 0.717) is 5.92 Å².